The third kappa shape index (κ3) is 3.75. The first-order chi connectivity index (χ1) is 12.5. The minimum atomic E-state index is -0.327. The van der Waals surface area contributed by atoms with E-state index in [2.05, 4.69) is 5.32 Å². The Labute approximate surface area is 156 Å². The summed E-state index contributed by atoms with van der Waals surface area (Å²) in [5, 5.41) is 2.64. The van der Waals surface area contributed by atoms with Crippen molar-refractivity contribution in [1.82, 2.24) is 0 Å². The van der Waals surface area contributed by atoms with Crippen molar-refractivity contribution in [3.05, 3.63) is 59.4 Å². The fourth-order valence-corrected chi connectivity index (χ4v) is 4.17. The van der Waals surface area contributed by atoms with Gasteiger partial charge in [0.05, 0.1) is 11.4 Å². The Morgan fingerprint density at radius 3 is 2.85 bits per heavy atom. The highest BCUT2D eigenvalue weighted by Gasteiger charge is 2.35. The highest BCUT2D eigenvalue weighted by molar-refractivity contribution is 8.00. The average Bonchev–Trinajstić information content (AvgIpc) is 2.99. The van der Waals surface area contributed by atoms with E-state index >= 15 is 0 Å². The molecule has 0 bridgehead atoms. The standard InChI is InChI=1S/C20H21FN2O2S/c1-3-6-18(24)22-15-8-4-7-14(11-15)20-23(19(25)12-26-20)17-10-5-9-16(21)13(17)2/h4-5,7-11,20H,3,6,12H2,1-2H3,(H,22,24)/t20-/m0/s1. The van der Waals surface area contributed by atoms with Gasteiger partial charge in [-0.25, -0.2) is 4.39 Å². The predicted octanol–water partition coefficient (Wildman–Crippen LogP) is 4.65. The number of halogens is 1. The van der Waals surface area contributed by atoms with Gasteiger partial charge in [-0.1, -0.05) is 25.1 Å². The van der Waals surface area contributed by atoms with Crippen molar-refractivity contribution >= 4 is 35.0 Å². The number of benzene rings is 2. The number of amides is 2. The van der Waals surface area contributed by atoms with Gasteiger partial charge < -0.3 is 5.32 Å². The Kier molecular flexibility index (Phi) is 5.61. The molecule has 0 aromatic heterocycles. The lowest BCUT2D eigenvalue weighted by Gasteiger charge is -2.26. The Balaban J connectivity index is 1.91. The Bertz CT molecular complexity index is 840. The fraction of sp³-hybridized carbons (Fsp3) is 0.300. The molecule has 0 unspecified atom stereocenters. The van der Waals surface area contributed by atoms with Crippen LogP contribution in [0.3, 0.4) is 0 Å². The van der Waals surface area contributed by atoms with Crippen molar-refractivity contribution in [3.63, 3.8) is 0 Å². The number of hydrogen-bond donors (Lipinski definition) is 1. The van der Waals surface area contributed by atoms with Crippen LogP contribution in [-0.4, -0.2) is 17.6 Å². The normalized spacial score (nSPS) is 16.8. The van der Waals surface area contributed by atoms with Crippen LogP contribution in [0.25, 0.3) is 0 Å². The molecule has 2 amide bonds. The number of carbonyl (C=O) groups excluding carboxylic acids is 2. The number of thioether (sulfide) groups is 1. The lowest BCUT2D eigenvalue weighted by molar-refractivity contribution is -0.116. The van der Waals surface area contributed by atoms with E-state index in [4.69, 9.17) is 0 Å². The maximum atomic E-state index is 14.0. The van der Waals surface area contributed by atoms with E-state index < -0.39 is 0 Å². The molecule has 1 heterocycles. The average molecular weight is 372 g/mol. The molecule has 3 rings (SSSR count). The van der Waals surface area contributed by atoms with Crippen molar-refractivity contribution < 1.29 is 14.0 Å². The Morgan fingerprint density at radius 2 is 2.08 bits per heavy atom. The van der Waals surface area contributed by atoms with E-state index in [1.54, 1.807) is 24.0 Å². The van der Waals surface area contributed by atoms with E-state index in [1.807, 2.05) is 31.2 Å². The minimum Gasteiger partial charge on any atom is -0.326 e. The van der Waals surface area contributed by atoms with Gasteiger partial charge in [0.1, 0.15) is 11.2 Å². The van der Waals surface area contributed by atoms with Crippen LogP contribution in [0.4, 0.5) is 15.8 Å². The molecule has 1 atom stereocenters. The highest BCUT2D eigenvalue weighted by Crippen LogP contribution is 2.43. The van der Waals surface area contributed by atoms with Gasteiger partial charge in [0.25, 0.3) is 0 Å². The van der Waals surface area contributed by atoms with Crippen LogP contribution in [-0.2, 0) is 9.59 Å². The van der Waals surface area contributed by atoms with Crippen molar-refractivity contribution in [1.29, 1.82) is 0 Å². The smallest absolute Gasteiger partial charge is 0.238 e. The first kappa shape index (κ1) is 18.5. The van der Waals surface area contributed by atoms with Crippen LogP contribution in [0.1, 0.15) is 36.3 Å². The van der Waals surface area contributed by atoms with Gasteiger partial charge >= 0.3 is 0 Å². The SMILES string of the molecule is CCCC(=O)Nc1cccc([C@@H]2SCC(=O)N2c2cccc(F)c2C)c1. The summed E-state index contributed by atoms with van der Waals surface area (Å²) >= 11 is 1.50. The number of anilines is 2. The van der Waals surface area contributed by atoms with E-state index in [0.717, 1.165) is 12.0 Å². The van der Waals surface area contributed by atoms with Crippen LogP contribution in [0.15, 0.2) is 42.5 Å². The number of nitrogens with one attached hydrogen (secondary N) is 1. The third-order valence-corrected chi connectivity index (χ3v) is 5.51. The molecule has 1 saturated heterocycles. The molecule has 1 aliphatic rings. The van der Waals surface area contributed by atoms with E-state index in [0.29, 0.717) is 29.1 Å². The van der Waals surface area contributed by atoms with Gasteiger partial charge in [-0.2, -0.15) is 0 Å². The van der Waals surface area contributed by atoms with Gasteiger partial charge in [-0.3, -0.25) is 14.5 Å². The monoisotopic (exact) mass is 372 g/mol. The van der Waals surface area contributed by atoms with E-state index in [1.165, 1.54) is 17.8 Å². The molecule has 1 N–H and O–H groups in total. The van der Waals surface area contributed by atoms with Crippen LogP contribution in [0.5, 0.6) is 0 Å². The summed E-state index contributed by atoms with van der Waals surface area (Å²) in [5.74, 6) is -0.0640. The van der Waals surface area contributed by atoms with Crippen LogP contribution >= 0.6 is 11.8 Å². The lowest BCUT2D eigenvalue weighted by atomic mass is 10.1. The van der Waals surface area contributed by atoms with Crippen LogP contribution in [0, 0.1) is 12.7 Å². The molecular weight excluding hydrogens is 351 g/mol. The molecule has 0 radical (unpaired) electrons. The summed E-state index contributed by atoms with van der Waals surface area (Å²) in [6.45, 7) is 3.63. The summed E-state index contributed by atoms with van der Waals surface area (Å²) in [7, 11) is 0. The number of rotatable bonds is 5. The van der Waals surface area contributed by atoms with Crippen LogP contribution < -0.4 is 10.2 Å². The number of hydrogen-bond acceptors (Lipinski definition) is 3. The minimum absolute atomic E-state index is 0.0300. The first-order valence-corrected chi connectivity index (χ1v) is 9.64. The maximum absolute atomic E-state index is 14.0. The number of carbonyl (C=O) groups is 2. The fourth-order valence-electron chi connectivity index (χ4n) is 3.01. The Hall–Kier alpha value is -2.34. The van der Waals surface area contributed by atoms with Gasteiger partial charge in [-0.05, 0) is 43.2 Å². The largest absolute Gasteiger partial charge is 0.326 e. The Morgan fingerprint density at radius 1 is 1.31 bits per heavy atom. The van der Waals surface area contributed by atoms with Crippen molar-refractivity contribution in [2.45, 2.75) is 32.1 Å². The molecule has 0 aliphatic carbocycles. The highest BCUT2D eigenvalue weighted by atomic mass is 32.2. The molecule has 1 fully saturated rings. The van der Waals surface area contributed by atoms with Crippen molar-refractivity contribution in [2.24, 2.45) is 0 Å². The third-order valence-electron chi connectivity index (χ3n) is 4.30. The van der Waals surface area contributed by atoms with Gasteiger partial charge in [0.15, 0.2) is 0 Å². The maximum Gasteiger partial charge on any atom is 0.238 e. The molecule has 2 aromatic carbocycles. The molecule has 0 spiro atoms. The van der Waals surface area contributed by atoms with E-state index in [-0.39, 0.29) is 23.0 Å². The van der Waals surface area contributed by atoms with Crippen molar-refractivity contribution in [3.8, 4) is 0 Å². The van der Waals surface area contributed by atoms with Gasteiger partial charge in [0.2, 0.25) is 11.8 Å². The zero-order chi connectivity index (χ0) is 18.7. The first-order valence-electron chi connectivity index (χ1n) is 8.60. The second-order valence-electron chi connectivity index (χ2n) is 6.23. The second kappa shape index (κ2) is 7.91. The summed E-state index contributed by atoms with van der Waals surface area (Å²) in [6, 6.07) is 12.3. The van der Waals surface area contributed by atoms with Crippen molar-refractivity contribution in [2.75, 3.05) is 16.0 Å². The molecule has 4 nitrogen and oxygen atoms in total. The molecular formula is C20H21FN2O2S. The molecule has 6 heteroatoms. The zero-order valence-corrected chi connectivity index (χ0v) is 15.6. The second-order valence-corrected chi connectivity index (χ2v) is 7.30. The summed E-state index contributed by atoms with van der Waals surface area (Å²) in [4.78, 5) is 26.0. The number of nitrogens with zero attached hydrogens (tertiary/aromatic N) is 1. The molecule has 2 aromatic rings. The zero-order valence-electron chi connectivity index (χ0n) is 14.8. The summed E-state index contributed by atoms with van der Waals surface area (Å²) in [6.07, 6.45) is 1.25. The van der Waals surface area contributed by atoms with Crippen LogP contribution in [0.2, 0.25) is 0 Å². The molecule has 1 aliphatic heterocycles. The summed E-state index contributed by atoms with van der Waals surface area (Å²) < 4.78 is 14.0. The van der Waals surface area contributed by atoms with E-state index in [9.17, 15) is 14.0 Å². The van der Waals surface area contributed by atoms with Gasteiger partial charge in [-0.15, -0.1) is 11.8 Å². The molecule has 26 heavy (non-hydrogen) atoms. The quantitative estimate of drug-likeness (QED) is 0.831. The lowest BCUT2D eigenvalue weighted by Crippen LogP contribution is -2.28. The molecule has 0 saturated carbocycles. The molecule has 136 valence electrons. The topological polar surface area (TPSA) is 49.4 Å². The predicted molar refractivity (Wildman–Crippen MR) is 104 cm³/mol. The van der Waals surface area contributed by atoms with Gasteiger partial charge in [0, 0.05) is 17.7 Å². The summed E-state index contributed by atoms with van der Waals surface area (Å²) in [5.41, 5.74) is 2.65.